The highest BCUT2D eigenvalue weighted by atomic mass is 32.2. The first-order chi connectivity index (χ1) is 11.9. The largest absolute Gasteiger partial charge is 0.506 e. The standard InChI is InChI=1S/C14H16N6O3S2/c1-4-24-14-20-19-13(25-14)18-17-10-5-11(16-8(3)22)12(23)6-9(10)15-7(2)21/h5-6,23H,4H2,1-3H3,(H,15,21)(H,16,22). The fourth-order valence-electron chi connectivity index (χ4n) is 1.76. The van der Waals surface area contributed by atoms with Crippen LogP contribution in [0.15, 0.2) is 26.7 Å². The summed E-state index contributed by atoms with van der Waals surface area (Å²) in [7, 11) is 0. The highest BCUT2D eigenvalue weighted by Crippen LogP contribution is 2.37. The van der Waals surface area contributed by atoms with Crippen molar-refractivity contribution < 1.29 is 14.7 Å². The second kappa shape index (κ2) is 8.53. The SMILES string of the molecule is CCSc1nnc(N=Nc2cc(NC(C)=O)c(O)cc2NC(C)=O)s1. The lowest BCUT2D eigenvalue weighted by molar-refractivity contribution is -0.115. The summed E-state index contributed by atoms with van der Waals surface area (Å²) < 4.78 is 0.781. The lowest BCUT2D eigenvalue weighted by atomic mass is 10.2. The molecule has 0 spiro atoms. The van der Waals surface area contributed by atoms with E-state index in [4.69, 9.17) is 0 Å². The van der Waals surface area contributed by atoms with E-state index < -0.39 is 0 Å². The Hall–Kier alpha value is -2.53. The third-order valence-corrected chi connectivity index (χ3v) is 4.47. The Morgan fingerprint density at radius 3 is 2.48 bits per heavy atom. The molecule has 1 aromatic carbocycles. The van der Waals surface area contributed by atoms with Gasteiger partial charge in [0.05, 0.1) is 11.4 Å². The number of phenols is 1. The van der Waals surface area contributed by atoms with Crippen molar-refractivity contribution in [2.45, 2.75) is 25.1 Å². The van der Waals surface area contributed by atoms with Crippen molar-refractivity contribution in [2.75, 3.05) is 16.4 Å². The number of azo groups is 1. The smallest absolute Gasteiger partial charge is 0.252 e. The third-order valence-electron chi connectivity index (χ3n) is 2.64. The van der Waals surface area contributed by atoms with E-state index in [1.165, 1.54) is 37.3 Å². The number of rotatable bonds is 6. The van der Waals surface area contributed by atoms with Crippen LogP contribution in [0.1, 0.15) is 20.8 Å². The Bertz CT molecular complexity index is 821. The molecule has 0 aliphatic carbocycles. The second-order valence-corrected chi connectivity index (χ2v) is 7.20. The first-order valence-electron chi connectivity index (χ1n) is 7.19. The summed E-state index contributed by atoms with van der Waals surface area (Å²) in [6, 6.07) is 2.70. The summed E-state index contributed by atoms with van der Waals surface area (Å²) in [6.07, 6.45) is 0. The minimum absolute atomic E-state index is 0.162. The van der Waals surface area contributed by atoms with E-state index in [2.05, 4.69) is 31.1 Å². The molecule has 1 aromatic heterocycles. The zero-order valence-electron chi connectivity index (χ0n) is 13.7. The van der Waals surface area contributed by atoms with E-state index >= 15 is 0 Å². The van der Waals surface area contributed by atoms with Crippen LogP contribution in [0.5, 0.6) is 5.75 Å². The number of thioether (sulfide) groups is 1. The van der Waals surface area contributed by atoms with Gasteiger partial charge in [-0.05, 0) is 11.8 Å². The van der Waals surface area contributed by atoms with Gasteiger partial charge in [0, 0.05) is 19.9 Å². The molecule has 0 saturated heterocycles. The Balaban J connectivity index is 2.35. The molecule has 3 N–H and O–H groups in total. The molecule has 2 rings (SSSR count). The third kappa shape index (κ3) is 5.50. The number of benzene rings is 1. The molecule has 0 bridgehead atoms. The van der Waals surface area contributed by atoms with Crippen LogP contribution in [0.4, 0.5) is 22.2 Å². The van der Waals surface area contributed by atoms with Crippen molar-refractivity contribution >= 4 is 57.1 Å². The molecule has 2 amide bonds. The van der Waals surface area contributed by atoms with Gasteiger partial charge in [0.2, 0.25) is 11.8 Å². The summed E-state index contributed by atoms with van der Waals surface area (Å²) in [6.45, 7) is 4.65. The molecule has 132 valence electrons. The number of aromatic hydroxyl groups is 1. The van der Waals surface area contributed by atoms with Crippen LogP contribution in [-0.4, -0.2) is 32.9 Å². The fraction of sp³-hybridized carbons (Fsp3) is 0.286. The average molecular weight is 380 g/mol. The van der Waals surface area contributed by atoms with Gasteiger partial charge >= 0.3 is 0 Å². The number of phenolic OH excluding ortho intramolecular Hbond substituents is 1. The van der Waals surface area contributed by atoms with Crippen molar-refractivity contribution in [1.29, 1.82) is 0 Å². The molecule has 0 fully saturated rings. The van der Waals surface area contributed by atoms with Gasteiger partial charge in [-0.25, -0.2) is 0 Å². The van der Waals surface area contributed by atoms with Crippen molar-refractivity contribution in [3.63, 3.8) is 0 Å². The number of aromatic nitrogens is 2. The maximum atomic E-state index is 11.3. The molecular weight excluding hydrogens is 364 g/mol. The Morgan fingerprint density at radius 2 is 1.84 bits per heavy atom. The van der Waals surface area contributed by atoms with Crippen LogP contribution in [0.3, 0.4) is 0 Å². The number of hydrogen-bond donors (Lipinski definition) is 3. The molecule has 0 saturated carbocycles. The molecule has 0 unspecified atom stereocenters. The van der Waals surface area contributed by atoms with Gasteiger partial charge in [-0.15, -0.1) is 20.4 Å². The summed E-state index contributed by atoms with van der Waals surface area (Å²) in [5.74, 6) is -0.0109. The van der Waals surface area contributed by atoms with Crippen LogP contribution in [-0.2, 0) is 9.59 Å². The first kappa shape index (κ1) is 18.8. The van der Waals surface area contributed by atoms with Crippen LogP contribution in [0, 0.1) is 0 Å². The van der Waals surface area contributed by atoms with Gasteiger partial charge in [-0.3, -0.25) is 9.59 Å². The predicted octanol–water partition coefficient (Wildman–Crippen LogP) is 3.69. The topological polar surface area (TPSA) is 129 Å². The Kier molecular flexibility index (Phi) is 6.42. The number of hydrogen-bond acceptors (Lipinski definition) is 9. The molecule has 0 atom stereocenters. The number of anilines is 2. The lowest BCUT2D eigenvalue weighted by Gasteiger charge is -2.10. The van der Waals surface area contributed by atoms with Gasteiger partial charge < -0.3 is 15.7 Å². The lowest BCUT2D eigenvalue weighted by Crippen LogP contribution is -2.08. The normalized spacial score (nSPS) is 10.8. The maximum Gasteiger partial charge on any atom is 0.252 e. The van der Waals surface area contributed by atoms with E-state index in [9.17, 15) is 14.7 Å². The maximum absolute atomic E-state index is 11.3. The molecular formula is C14H16N6O3S2. The number of carbonyl (C=O) groups excluding carboxylic acids is 2. The van der Waals surface area contributed by atoms with Crippen LogP contribution < -0.4 is 10.6 Å². The molecule has 0 aliphatic rings. The van der Waals surface area contributed by atoms with Crippen LogP contribution >= 0.6 is 23.1 Å². The Labute approximate surface area is 152 Å². The van der Waals surface area contributed by atoms with Gasteiger partial charge in [-0.1, -0.05) is 30.0 Å². The predicted molar refractivity (Wildman–Crippen MR) is 97.2 cm³/mol. The van der Waals surface area contributed by atoms with E-state index in [0.29, 0.717) is 5.13 Å². The summed E-state index contributed by atoms with van der Waals surface area (Å²) in [4.78, 5) is 22.5. The number of nitrogens with one attached hydrogen (secondary N) is 2. The molecule has 9 nitrogen and oxygen atoms in total. The molecule has 25 heavy (non-hydrogen) atoms. The number of carbonyl (C=O) groups is 2. The summed E-state index contributed by atoms with van der Waals surface area (Å²) in [5.41, 5.74) is 0.683. The van der Waals surface area contributed by atoms with Gasteiger partial charge in [0.1, 0.15) is 11.4 Å². The summed E-state index contributed by atoms with van der Waals surface area (Å²) >= 11 is 2.83. The average Bonchev–Trinajstić information content (AvgIpc) is 2.95. The highest BCUT2D eigenvalue weighted by molar-refractivity contribution is 8.01. The summed E-state index contributed by atoms with van der Waals surface area (Å²) in [5, 5.41) is 31.3. The minimum atomic E-state index is -0.351. The minimum Gasteiger partial charge on any atom is -0.506 e. The fourth-order valence-corrected chi connectivity index (χ4v) is 3.32. The monoisotopic (exact) mass is 380 g/mol. The second-order valence-electron chi connectivity index (χ2n) is 4.73. The van der Waals surface area contributed by atoms with E-state index in [1.807, 2.05) is 6.92 Å². The molecule has 1 heterocycles. The van der Waals surface area contributed by atoms with Crippen molar-refractivity contribution in [2.24, 2.45) is 10.2 Å². The van der Waals surface area contributed by atoms with E-state index in [0.717, 1.165) is 10.1 Å². The number of amides is 2. The van der Waals surface area contributed by atoms with Crippen LogP contribution in [0.25, 0.3) is 0 Å². The molecule has 0 radical (unpaired) electrons. The Morgan fingerprint density at radius 1 is 1.16 bits per heavy atom. The van der Waals surface area contributed by atoms with E-state index in [1.54, 1.807) is 11.8 Å². The number of nitrogens with zero attached hydrogens (tertiary/aromatic N) is 4. The van der Waals surface area contributed by atoms with Crippen molar-refractivity contribution in [3.05, 3.63) is 12.1 Å². The quantitative estimate of drug-likeness (QED) is 0.398. The van der Waals surface area contributed by atoms with Crippen LogP contribution in [0.2, 0.25) is 0 Å². The van der Waals surface area contributed by atoms with Gasteiger partial charge in [-0.2, -0.15) is 0 Å². The van der Waals surface area contributed by atoms with Gasteiger partial charge in [0.25, 0.3) is 5.13 Å². The van der Waals surface area contributed by atoms with Gasteiger partial charge in [0.15, 0.2) is 4.34 Å². The zero-order valence-corrected chi connectivity index (χ0v) is 15.4. The van der Waals surface area contributed by atoms with E-state index in [-0.39, 0.29) is 34.6 Å². The molecule has 11 heteroatoms. The first-order valence-corrected chi connectivity index (χ1v) is 8.99. The molecule has 0 aliphatic heterocycles. The van der Waals surface area contributed by atoms with Crippen molar-refractivity contribution in [3.8, 4) is 5.75 Å². The van der Waals surface area contributed by atoms with Crippen molar-refractivity contribution in [1.82, 2.24) is 10.2 Å². The highest BCUT2D eigenvalue weighted by Gasteiger charge is 2.12. The molecule has 2 aromatic rings. The zero-order chi connectivity index (χ0) is 18.4.